The molecule has 0 bridgehead atoms. The predicted octanol–water partition coefficient (Wildman–Crippen LogP) is 0.950. The van der Waals surface area contributed by atoms with E-state index in [0.717, 1.165) is 13.2 Å². The van der Waals surface area contributed by atoms with E-state index >= 15 is 0 Å². The van der Waals surface area contributed by atoms with Crippen molar-refractivity contribution >= 4 is 8.42 Å². The third-order valence-corrected chi connectivity index (χ3v) is 4.93. The predicted molar refractivity (Wildman–Crippen MR) is 40.4 cm³/mol. The molecule has 2 aliphatic rings. The van der Waals surface area contributed by atoms with E-state index in [-0.39, 0.29) is 16.8 Å². The zero-order valence-corrected chi connectivity index (χ0v) is 8.79. The second-order valence-electron chi connectivity index (χ2n) is 2.65. The van der Waals surface area contributed by atoms with Crippen LogP contribution in [0.25, 0.3) is 0 Å². The Balaban J connectivity index is 2.13. The summed E-state index contributed by atoms with van der Waals surface area (Å²) in [6.07, 6.45) is 4.86. The van der Waals surface area contributed by atoms with E-state index < -0.39 is 0 Å². The summed E-state index contributed by atoms with van der Waals surface area (Å²) in [5, 5.41) is 0. The zero-order chi connectivity index (χ0) is 7.52. The van der Waals surface area contributed by atoms with Crippen molar-refractivity contribution in [2.75, 3.05) is 13.2 Å². The van der Waals surface area contributed by atoms with Gasteiger partial charge < -0.3 is 0 Å². The number of hydrogen-bond donors (Lipinski definition) is 0. The Morgan fingerprint density at radius 1 is 0.909 bits per heavy atom. The molecule has 0 unspecified atom stereocenters. The van der Waals surface area contributed by atoms with Gasteiger partial charge in [0.05, 0.1) is 0 Å². The van der Waals surface area contributed by atoms with E-state index in [4.69, 9.17) is 9.47 Å². The molecular weight excluding hydrogens is 320 g/mol. The average molecular weight is 332 g/mol. The number of rotatable bonds is 0. The SMILES string of the molecule is C1CO[C](=[Ir]=[C]2CCCO2)C1. The molecule has 2 fully saturated rings. The maximum absolute atomic E-state index is 5.49. The first-order valence-electron chi connectivity index (χ1n) is 4.03. The Hall–Kier alpha value is 0.309. The van der Waals surface area contributed by atoms with Crippen LogP contribution in [0, 0.1) is 0 Å². The number of ether oxygens (including phenoxy) is 2. The van der Waals surface area contributed by atoms with Crippen LogP contribution in [0.15, 0.2) is 0 Å². The van der Waals surface area contributed by atoms with Gasteiger partial charge in [-0.05, 0) is 0 Å². The van der Waals surface area contributed by atoms with Gasteiger partial charge in [-0.1, -0.05) is 0 Å². The summed E-state index contributed by atoms with van der Waals surface area (Å²) in [6, 6.07) is 0. The summed E-state index contributed by atoms with van der Waals surface area (Å²) in [6.45, 7) is 1.90. The van der Waals surface area contributed by atoms with E-state index in [1.54, 1.807) is 0 Å². The fraction of sp³-hybridized carbons (Fsp3) is 0.750. The van der Waals surface area contributed by atoms with Crippen LogP contribution in [0.3, 0.4) is 0 Å². The first kappa shape index (κ1) is 7.93. The Morgan fingerprint density at radius 3 is 1.82 bits per heavy atom. The van der Waals surface area contributed by atoms with Crippen molar-refractivity contribution in [2.45, 2.75) is 25.7 Å². The molecule has 0 saturated carbocycles. The monoisotopic (exact) mass is 333 g/mol. The van der Waals surface area contributed by atoms with E-state index in [1.165, 1.54) is 34.1 Å². The van der Waals surface area contributed by atoms with Crippen LogP contribution in [0.1, 0.15) is 25.7 Å². The molecule has 3 heteroatoms. The topological polar surface area (TPSA) is 18.5 Å². The van der Waals surface area contributed by atoms with Crippen molar-refractivity contribution < 1.29 is 26.3 Å². The van der Waals surface area contributed by atoms with Crippen molar-refractivity contribution in [1.82, 2.24) is 0 Å². The van der Waals surface area contributed by atoms with Gasteiger partial charge in [0.2, 0.25) is 0 Å². The fourth-order valence-electron chi connectivity index (χ4n) is 1.14. The summed E-state index contributed by atoms with van der Waals surface area (Å²) in [5.74, 6) is 0. The molecule has 0 radical (unpaired) electrons. The molecule has 0 amide bonds. The molecule has 2 aliphatic heterocycles. The van der Waals surface area contributed by atoms with E-state index in [2.05, 4.69) is 0 Å². The molecular formula is C8H12IrO2. The second-order valence-corrected chi connectivity index (χ2v) is 5.92. The van der Waals surface area contributed by atoms with Crippen molar-refractivity contribution in [2.24, 2.45) is 0 Å². The van der Waals surface area contributed by atoms with Crippen LogP contribution in [0.5, 0.6) is 0 Å². The normalized spacial score (nSPS) is 25.1. The van der Waals surface area contributed by atoms with Crippen molar-refractivity contribution in [1.29, 1.82) is 0 Å². The van der Waals surface area contributed by atoms with E-state index in [0.29, 0.717) is 0 Å². The molecule has 2 rings (SSSR count). The van der Waals surface area contributed by atoms with Crippen LogP contribution in [0.2, 0.25) is 0 Å². The summed E-state index contributed by atoms with van der Waals surface area (Å²) in [7, 11) is 0. The molecule has 0 spiro atoms. The Bertz CT molecular complexity index is 180. The Kier molecular flexibility index (Phi) is 2.75. The molecule has 65 valence electrons. The van der Waals surface area contributed by atoms with Crippen LogP contribution < -0.4 is 0 Å². The Labute approximate surface area is 73.9 Å². The van der Waals surface area contributed by atoms with Gasteiger partial charge in [0.25, 0.3) is 0 Å². The minimum absolute atomic E-state index is 0.125. The summed E-state index contributed by atoms with van der Waals surface area (Å²) >= 11 is -0.125. The van der Waals surface area contributed by atoms with E-state index in [1.807, 2.05) is 0 Å². The maximum atomic E-state index is 5.49. The van der Waals surface area contributed by atoms with Crippen molar-refractivity contribution in [3.05, 3.63) is 0 Å². The summed E-state index contributed by atoms with van der Waals surface area (Å²) in [4.78, 5) is 0. The van der Waals surface area contributed by atoms with Gasteiger partial charge in [-0.3, -0.25) is 0 Å². The summed E-state index contributed by atoms with van der Waals surface area (Å²) < 4.78 is 13.7. The van der Waals surface area contributed by atoms with Gasteiger partial charge in [0.1, 0.15) is 0 Å². The van der Waals surface area contributed by atoms with Crippen molar-refractivity contribution in [3.8, 4) is 0 Å². The molecule has 2 saturated heterocycles. The van der Waals surface area contributed by atoms with Gasteiger partial charge >= 0.3 is 73.6 Å². The van der Waals surface area contributed by atoms with Crippen LogP contribution >= 0.6 is 0 Å². The van der Waals surface area contributed by atoms with Gasteiger partial charge in [0.15, 0.2) is 0 Å². The average Bonchev–Trinajstić information content (AvgIpc) is 2.60. The minimum atomic E-state index is -0.125. The second kappa shape index (κ2) is 3.81. The van der Waals surface area contributed by atoms with Gasteiger partial charge in [0, 0.05) is 0 Å². The molecule has 2 heterocycles. The third-order valence-electron chi connectivity index (χ3n) is 1.70. The molecule has 2 nitrogen and oxygen atoms in total. The summed E-state index contributed by atoms with van der Waals surface area (Å²) in [5.41, 5.74) is 0. The molecule has 0 N–H and O–H groups in total. The van der Waals surface area contributed by atoms with Crippen molar-refractivity contribution in [3.63, 3.8) is 0 Å². The van der Waals surface area contributed by atoms with Gasteiger partial charge in [-0.25, -0.2) is 0 Å². The van der Waals surface area contributed by atoms with Crippen LogP contribution in [0.4, 0.5) is 0 Å². The quantitative estimate of drug-likeness (QED) is 0.658. The standard InChI is InChI=1S/2C4H6O.Ir/c2*1-2-4-5-3-1;/h2*1-3H2;. The van der Waals surface area contributed by atoms with E-state index in [9.17, 15) is 0 Å². The number of hydrogen-bond acceptors (Lipinski definition) is 2. The zero-order valence-electron chi connectivity index (χ0n) is 6.39. The molecule has 0 aliphatic carbocycles. The van der Waals surface area contributed by atoms with Crippen LogP contribution in [-0.4, -0.2) is 21.6 Å². The molecule has 0 aromatic rings. The molecule has 0 aromatic carbocycles. The molecule has 0 atom stereocenters. The Morgan fingerprint density at radius 2 is 1.45 bits per heavy atom. The fourth-order valence-corrected chi connectivity index (χ4v) is 4.17. The molecule has 0 aromatic heterocycles. The third kappa shape index (κ3) is 2.12. The van der Waals surface area contributed by atoms with Gasteiger partial charge in [-0.15, -0.1) is 0 Å². The first-order valence-corrected chi connectivity index (χ1v) is 6.42. The van der Waals surface area contributed by atoms with Gasteiger partial charge in [-0.2, -0.15) is 0 Å². The van der Waals surface area contributed by atoms with Crippen LogP contribution in [-0.2, 0) is 26.3 Å². The molecule has 11 heavy (non-hydrogen) atoms. The first-order chi connectivity index (χ1) is 5.45.